The maximum Gasteiger partial charge on any atom is 0.326 e. The van der Waals surface area contributed by atoms with Gasteiger partial charge >= 0.3 is 5.97 Å². The van der Waals surface area contributed by atoms with Crippen molar-refractivity contribution in [1.29, 1.82) is 0 Å². The van der Waals surface area contributed by atoms with Crippen molar-refractivity contribution < 1.29 is 13.9 Å². The van der Waals surface area contributed by atoms with Crippen LogP contribution in [0.25, 0.3) is 0 Å². The molecule has 0 amide bonds. The van der Waals surface area contributed by atoms with Gasteiger partial charge in [0.25, 0.3) is 0 Å². The molecule has 0 saturated heterocycles. The average molecular weight is 243 g/mol. The van der Waals surface area contributed by atoms with Gasteiger partial charge in [0.05, 0.1) is 12.9 Å². The number of carbonyl (C=O) groups is 1. The van der Waals surface area contributed by atoms with E-state index in [-0.39, 0.29) is 5.97 Å². The van der Waals surface area contributed by atoms with E-state index in [2.05, 4.69) is 0 Å². The van der Waals surface area contributed by atoms with Gasteiger partial charge in [-0.3, -0.25) is 4.79 Å². The van der Waals surface area contributed by atoms with Crippen LogP contribution in [0, 0.1) is 6.92 Å². The van der Waals surface area contributed by atoms with E-state index in [1.165, 1.54) is 11.8 Å². The zero-order valence-electron chi connectivity index (χ0n) is 9.78. The summed E-state index contributed by atoms with van der Waals surface area (Å²) in [5.74, 6) is 0.931. The highest BCUT2D eigenvalue weighted by molar-refractivity contribution is 7.99. The number of aryl methyl sites for hydroxylation is 1. The van der Waals surface area contributed by atoms with Gasteiger partial charge in [0.15, 0.2) is 0 Å². The molecule has 0 aliphatic rings. The Labute approximate surface area is 99.5 Å². The summed E-state index contributed by atoms with van der Waals surface area (Å²) in [5, 5.41) is 0. The zero-order chi connectivity index (χ0) is 12.2. The Hall–Kier alpha value is -0.940. The number of nitrogens with two attached hydrogens (primary N) is 1. The Bertz CT molecular complexity index is 360. The van der Waals surface area contributed by atoms with Gasteiger partial charge in [-0.05, 0) is 26.8 Å². The second-order valence-corrected chi connectivity index (χ2v) is 4.78. The molecule has 1 rings (SSSR count). The highest BCUT2D eigenvalue weighted by Crippen LogP contribution is 2.26. The fraction of sp³-hybridized carbons (Fsp3) is 0.545. The zero-order valence-corrected chi connectivity index (χ0v) is 10.6. The van der Waals surface area contributed by atoms with Crippen molar-refractivity contribution >= 4 is 17.7 Å². The summed E-state index contributed by atoms with van der Waals surface area (Å²) in [6.07, 6.45) is 1.62. The molecule has 1 unspecified atom stereocenters. The van der Waals surface area contributed by atoms with Gasteiger partial charge in [0, 0.05) is 10.6 Å². The molecule has 4 nitrogen and oxygen atoms in total. The number of thioether (sulfide) groups is 1. The third-order valence-corrected chi connectivity index (χ3v) is 3.56. The van der Waals surface area contributed by atoms with Gasteiger partial charge in [-0.2, -0.15) is 0 Å². The van der Waals surface area contributed by atoms with Crippen molar-refractivity contribution in [2.45, 2.75) is 31.2 Å². The topological polar surface area (TPSA) is 65.5 Å². The van der Waals surface area contributed by atoms with Crippen molar-refractivity contribution in [3.8, 4) is 0 Å². The van der Waals surface area contributed by atoms with Gasteiger partial charge in [0.1, 0.15) is 11.3 Å². The summed E-state index contributed by atoms with van der Waals surface area (Å²) in [4.78, 5) is 12.5. The number of hydrogen-bond acceptors (Lipinski definition) is 5. The molecule has 0 aliphatic carbocycles. The Balaban J connectivity index is 2.54. The molecule has 2 N–H and O–H groups in total. The molecule has 0 radical (unpaired) electrons. The summed E-state index contributed by atoms with van der Waals surface area (Å²) in [6.45, 7) is 5.66. The van der Waals surface area contributed by atoms with E-state index in [0.29, 0.717) is 12.4 Å². The number of esters is 1. The molecular weight excluding hydrogens is 226 g/mol. The van der Waals surface area contributed by atoms with Crippen molar-refractivity contribution in [2.24, 2.45) is 5.73 Å². The van der Waals surface area contributed by atoms with Crippen LogP contribution in [0.2, 0.25) is 0 Å². The number of ether oxygens (including phenoxy) is 1. The maximum absolute atomic E-state index is 11.5. The SMILES string of the molecule is CCOC(=O)C(C)(N)CSc1ccoc1C. The average Bonchev–Trinajstić information content (AvgIpc) is 2.61. The van der Waals surface area contributed by atoms with Gasteiger partial charge in [-0.25, -0.2) is 0 Å². The van der Waals surface area contributed by atoms with Crippen LogP contribution < -0.4 is 5.73 Å². The lowest BCUT2D eigenvalue weighted by molar-refractivity contribution is -0.148. The van der Waals surface area contributed by atoms with E-state index >= 15 is 0 Å². The first-order chi connectivity index (χ1) is 7.47. The fourth-order valence-electron chi connectivity index (χ4n) is 1.11. The molecule has 1 aromatic heterocycles. The first kappa shape index (κ1) is 13.1. The molecule has 0 aliphatic heterocycles. The van der Waals surface area contributed by atoms with Gasteiger partial charge in [-0.15, -0.1) is 11.8 Å². The highest BCUT2D eigenvalue weighted by Gasteiger charge is 2.30. The van der Waals surface area contributed by atoms with Crippen LogP contribution in [0.4, 0.5) is 0 Å². The minimum absolute atomic E-state index is 0.348. The Morgan fingerprint density at radius 2 is 2.38 bits per heavy atom. The molecule has 1 heterocycles. The number of hydrogen-bond donors (Lipinski definition) is 1. The monoisotopic (exact) mass is 243 g/mol. The number of carbonyl (C=O) groups excluding carboxylic acids is 1. The molecule has 1 atom stereocenters. The van der Waals surface area contributed by atoms with Gasteiger partial charge < -0.3 is 14.9 Å². The molecule has 0 saturated carbocycles. The molecule has 90 valence electrons. The molecule has 0 bridgehead atoms. The van der Waals surface area contributed by atoms with Crippen molar-refractivity contribution in [1.82, 2.24) is 0 Å². The molecule has 5 heteroatoms. The van der Waals surface area contributed by atoms with Crippen LogP contribution in [-0.2, 0) is 9.53 Å². The molecule has 0 fully saturated rings. The summed E-state index contributed by atoms with van der Waals surface area (Å²) in [7, 11) is 0. The van der Waals surface area contributed by atoms with Crippen LogP contribution >= 0.6 is 11.8 Å². The predicted molar refractivity (Wildman–Crippen MR) is 63.4 cm³/mol. The van der Waals surface area contributed by atoms with E-state index < -0.39 is 5.54 Å². The first-order valence-corrected chi connectivity index (χ1v) is 6.09. The third kappa shape index (κ3) is 3.28. The number of furan rings is 1. The van der Waals surface area contributed by atoms with E-state index in [9.17, 15) is 4.79 Å². The molecule has 0 aromatic carbocycles. The molecule has 0 spiro atoms. The summed E-state index contributed by atoms with van der Waals surface area (Å²) >= 11 is 1.50. The van der Waals surface area contributed by atoms with E-state index in [1.54, 1.807) is 20.1 Å². The summed E-state index contributed by atoms with van der Waals surface area (Å²) in [6, 6.07) is 1.86. The quantitative estimate of drug-likeness (QED) is 0.632. The minimum Gasteiger partial charge on any atom is -0.468 e. The molecule has 1 aromatic rings. The largest absolute Gasteiger partial charge is 0.468 e. The minimum atomic E-state index is -0.968. The lowest BCUT2D eigenvalue weighted by atomic mass is 10.1. The van der Waals surface area contributed by atoms with Gasteiger partial charge in [0.2, 0.25) is 0 Å². The van der Waals surface area contributed by atoms with Gasteiger partial charge in [-0.1, -0.05) is 0 Å². The highest BCUT2D eigenvalue weighted by atomic mass is 32.2. The van der Waals surface area contributed by atoms with Crippen molar-refractivity contribution in [2.75, 3.05) is 12.4 Å². The second kappa shape index (κ2) is 5.41. The predicted octanol–water partition coefficient (Wildman–Crippen LogP) is 1.96. The summed E-state index contributed by atoms with van der Waals surface area (Å²) in [5.41, 5.74) is 4.92. The summed E-state index contributed by atoms with van der Waals surface area (Å²) < 4.78 is 10.1. The van der Waals surface area contributed by atoms with Crippen LogP contribution in [0.3, 0.4) is 0 Å². The van der Waals surface area contributed by atoms with Crippen molar-refractivity contribution in [3.63, 3.8) is 0 Å². The Morgan fingerprint density at radius 3 is 2.88 bits per heavy atom. The standard InChI is InChI=1S/C11H17NO3S/c1-4-14-10(13)11(3,12)7-16-9-5-6-15-8(9)2/h5-6H,4,7,12H2,1-3H3. The van der Waals surface area contributed by atoms with E-state index in [0.717, 1.165) is 10.7 Å². The fourth-order valence-corrected chi connectivity index (χ4v) is 2.08. The van der Waals surface area contributed by atoms with Crippen LogP contribution in [0.1, 0.15) is 19.6 Å². The molecule has 16 heavy (non-hydrogen) atoms. The van der Waals surface area contributed by atoms with E-state index in [1.807, 2.05) is 13.0 Å². The van der Waals surface area contributed by atoms with Crippen molar-refractivity contribution in [3.05, 3.63) is 18.1 Å². The molecular formula is C11H17NO3S. The smallest absolute Gasteiger partial charge is 0.326 e. The lowest BCUT2D eigenvalue weighted by Gasteiger charge is -2.21. The lowest BCUT2D eigenvalue weighted by Crippen LogP contribution is -2.48. The Morgan fingerprint density at radius 1 is 1.69 bits per heavy atom. The maximum atomic E-state index is 11.5. The Kier molecular flexibility index (Phi) is 4.44. The normalized spacial score (nSPS) is 14.5. The number of rotatable bonds is 5. The first-order valence-electron chi connectivity index (χ1n) is 5.10. The second-order valence-electron chi connectivity index (χ2n) is 3.77. The van der Waals surface area contributed by atoms with Crippen LogP contribution in [0.15, 0.2) is 21.6 Å². The van der Waals surface area contributed by atoms with E-state index in [4.69, 9.17) is 14.9 Å². The van der Waals surface area contributed by atoms with Crippen LogP contribution in [-0.4, -0.2) is 23.9 Å². The third-order valence-electron chi connectivity index (χ3n) is 2.08. The van der Waals surface area contributed by atoms with Crippen LogP contribution in [0.5, 0.6) is 0 Å².